The number of carbonyl (C=O) groups is 1. The van der Waals surface area contributed by atoms with E-state index in [-0.39, 0.29) is 31.4 Å². The van der Waals surface area contributed by atoms with Crippen LogP contribution in [-0.2, 0) is 27.8 Å². The molecule has 162 valence electrons. The van der Waals surface area contributed by atoms with Gasteiger partial charge in [0.25, 0.3) is 5.91 Å². The lowest BCUT2D eigenvalue weighted by Crippen LogP contribution is -2.41. The molecule has 1 aliphatic heterocycles. The van der Waals surface area contributed by atoms with Crippen LogP contribution >= 0.6 is 0 Å². The second kappa shape index (κ2) is 9.82. The lowest BCUT2D eigenvalue weighted by atomic mass is 10.0. The van der Waals surface area contributed by atoms with E-state index in [9.17, 15) is 13.2 Å². The predicted octanol–water partition coefficient (Wildman–Crippen LogP) is 1.59. The molecule has 1 heterocycles. The number of nitrogens with zero attached hydrogens (tertiary/aromatic N) is 1. The van der Waals surface area contributed by atoms with E-state index in [1.165, 1.54) is 4.31 Å². The molecule has 2 aromatic rings. The van der Waals surface area contributed by atoms with Gasteiger partial charge in [-0.3, -0.25) is 4.79 Å². The number of hydrogen-bond donors (Lipinski definition) is 1. The molecule has 0 saturated heterocycles. The third kappa shape index (κ3) is 5.43. The normalized spacial score (nSPS) is 13.9. The van der Waals surface area contributed by atoms with Crippen LogP contribution in [0.25, 0.3) is 0 Å². The highest BCUT2D eigenvalue weighted by Crippen LogP contribution is 2.33. The van der Waals surface area contributed by atoms with Crippen molar-refractivity contribution >= 4 is 15.9 Å². The number of rotatable bonds is 9. The van der Waals surface area contributed by atoms with E-state index < -0.39 is 10.0 Å². The first-order valence-electron chi connectivity index (χ1n) is 9.59. The van der Waals surface area contributed by atoms with Gasteiger partial charge in [0.15, 0.2) is 18.1 Å². The molecule has 0 fully saturated rings. The van der Waals surface area contributed by atoms with Crippen LogP contribution in [0.15, 0.2) is 42.5 Å². The molecule has 8 nitrogen and oxygen atoms in total. The van der Waals surface area contributed by atoms with Gasteiger partial charge in [0, 0.05) is 19.6 Å². The van der Waals surface area contributed by atoms with Crippen molar-refractivity contribution in [2.75, 3.05) is 39.7 Å². The first-order chi connectivity index (χ1) is 14.4. The number of nitrogens with one attached hydrogen (secondary N) is 1. The quantitative estimate of drug-likeness (QED) is 0.644. The molecule has 2 aromatic carbocycles. The summed E-state index contributed by atoms with van der Waals surface area (Å²) in [6.45, 7) is 0.510. The van der Waals surface area contributed by atoms with Crippen molar-refractivity contribution in [3.63, 3.8) is 0 Å². The largest absolute Gasteiger partial charge is 0.493 e. The summed E-state index contributed by atoms with van der Waals surface area (Å²) in [5, 5.41) is 2.59. The Hall–Kier alpha value is -2.78. The molecule has 3 rings (SSSR count). The zero-order valence-electron chi connectivity index (χ0n) is 17.1. The van der Waals surface area contributed by atoms with Gasteiger partial charge in [-0.2, -0.15) is 4.31 Å². The lowest BCUT2D eigenvalue weighted by molar-refractivity contribution is -0.122. The van der Waals surface area contributed by atoms with Crippen molar-refractivity contribution in [2.24, 2.45) is 0 Å². The summed E-state index contributed by atoms with van der Waals surface area (Å²) in [5.41, 5.74) is 1.94. The molecule has 0 spiro atoms. The van der Waals surface area contributed by atoms with Gasteiger partial charge in [-0.15, -0.1) is 0 Å². The number of para-hydroxylation sites is 1. The summed E-state index contributed by atoms with van der Waals surface area (Å²) < 4.78 is 42.9. The fourth-order valence-electron chi connectivity index (χ4n) is 3.26. The van der Waals surface area contributed by atoms with Crippen LogP contribution in [0.4, 0.5) is 0 Å². The topological polar surface area (TPSA) is 94.2 Å². The molecule has 1 N–H and O–H groups in total. The van der Waals surface area contributed by atoms with E-state index in [4.69, 9.17) is 14.2 Å². The minimum absolute atomic E-state index is 0.0224. The van der Waals surface area contributed by atoms with Crippen molar-refractivity contribution in [1.29, 1.82) is 0 Å². The highest BCUT2D eigenvalue weighted by Gasteiger charge is 2.27. The monoisotopic (exact) mass is 434 g/mol. The summed E-state index contributed by atoms with van der Waals surface area (Å²) in [6.07, 6.45) is 0.589. The molecule has 0 atom stereocenters. The van der Waals surface area contributed by atoms with Crippen LogP contribution in [0.2, 0.25) is 0 Å². The number of sulfonamides is 1. The Morgan fingerprint density at radius 1 is 1.07 bits per heavy atom. The third-order valence-electron chi connectivity index (χ3n) is 4.87. The summed E-state index contributed by atoms with van der Waals surface area (Å²) in [7, 11) is -0.399. The standard InChI is InChI=1S/C21H26N2O6S/c1-27-19-12-16-8-10-23(14-17(16)13-20(19)28-2)30(25,26)11-9-22-21(24)15-29-18-6-4-3-5-7-18/h3-7,12-13H,8-11,14-15H2,1-2H3,(H,22,24). The molecule has 0 aromatic heterocycles. The first kappa shape index (κ1) is 21.9. The summed E-state index contributed by atoms with van der Waals surface area (Å²) in [5.74, 6) is 1.25. The molecule has 0 radical (unpaired) electrons. The Labute approximate surface area is 176 Å². The van der Waals surface area contributed by atoms with Crippen molar-refractivity contribution in [3.8, 4) is 17.2 Å². The first-order valence-corrected chi connectivity index (χ1v) is 11.2. The molecule has 0 unspecified atom stereocenters. The van der Waals surface area contributed by atoms with Gasteiger partial charge in [-0.25, -0.2) is 8.42 Å². The highest BCUT2D eigenvalue weighted by atomic mass is 32.2. The maximum Gasteiger partial charge on any atom is 0.257 e. The van der Waals surface area contributed by atoms with Crippen molar-refractivity contribution in [1.82, 2.24) is 9.62 Å². The number of methoxy groups -OCH3 is 2. The predicted molar refractivity (Wildman–Crippen MR) is 112 cm³/mol. The fraction of sp³-hybridized carbons (Fsp3) is 0.381. The van der Waals surface area contributed by atoms with Gasteiger partial charge in [0.05, 0.1) is 20.0 Å². The highest BCUT2D eigenvalue weighted by molar-refractivity contribution is 7.89. The van der Waals surface area contributed by atoms with Crippen LogP contribution in [0, 0.1) is 0 Å². The molecular weight excluding hydrogens is 408 g/mol. The van der Waals surface area contributed by atoms with E-state index in [1.807, 2.05) is 30.3 Å². The SMILES string of the molecule is COc1cc2c(cc1OC)CN(S(=O)(=O)CCNC(=O)COc1ccccc1)CC2. The molecule has 0 aliphatic carbocycles. The molecule has 0 bridgehead atoms. The van der Waals surface area contributed by atoms with Crippen molar-refractivity contribution in [3.05, 3.63) is 53.6 Å². The van der Waals surface area contributed by atoms with E-state index in [0.717, 1.165) is 11.1 Å². The second-order valence-electron chi connectivity index (χ2n) is 6.83. The molecule has 0 saturated carbocycles. The molecular formula is C21H26N2O6S. The van der Waals surface area contributed by atoms with Gasteiger partial charge in [0.1, 0.15) is 5.75 Å². The van der Waals surface area contributed by atoms with Gasteiger partial charge in [-0.1, -0.05) is 18.2 Å². The third-order valence-corrected chi connectivity index (χ3v) is 6.69. The fourth-order valence-corrected chi connectivity index (χ4v) is 4.58. The maximum atomic E-state index is 12.7. The zero-order valence-corrected chi connectivity index (χ0v) is 17.9. The molecule has 30 heavy (non-hydrogen) atoms. The van der Waals surface area contributed by atoms with Gasteiger partial charge in [0.2, 0.25) is 10.0 Å². The van der Waals surface area contributed by atoms with E-state index in [0.29, 0.717) is 30.2 Å². The van der Waals surface area contributed by atoms with Crippen LogP contribution < -0.4 is 19.5 Å². The van der Waals surface area contributed by atoms with E-state index >= 15 is 0 Å². The minimum Gasteiger partial charge on any atom is -0.493 e. The maximum absolute atomic E-state index is 12.7. The average Bonchev–Trinajstić information content (AvgIpc) is 2.76. The zero-order chi connectivity index (χ0) is 21.6. The Kier molecular flexibility index (Phi) is 7.17. The molecule has 1 amide bonds. The number of ether oxygens (including phenoxy) is 3. The Bertz CT molecular complexity index is 978. The number of benzene rings is 2. The van der Waals surface area contributed by atoms with Gasteiger partial charge >= 0.3 is 0 Å². The Balaban J connectivity index is 1.52. The Morgan fingerprint density at radius 2 is 1.73 bits per heavy atom. The average molecular weight is 435 g/mol. The molecule has 1 aliphatic rings. The summed E-state index contributed by atoms with van der Waals surface area (Å²) in [6, 6.07) is 12.7. The van der Waals surface area contributed by atoms with Gasteiger partial charge < -0.3 is 19.5 Å². The van der Waals surface area contributed by atoms with Crippen molar-refractivity contribution in [2.45, 2.75) is 13.0 Å². The second-order valence-corrected chi connectivity index (χ2v) is 8.92. The van der Waals surface area contributed by atoms with Crippen molar-refractivity contribution < 1.29 is 27.4 Å². The van der Waals surface area contributed by atoms with E-state index in [1.54, 1.807) is 26.4 Å². The van der Waals surface area contributed by atoms with Crippen LogP contribution in [0.5, 0.6) is 17.2 Å². The number of fused-ring (bicyclic) bond motifs is 1. The lowest BCUT2D eigenvalue weighted by Gasteiger charge is -2.29. The summed E-state index contributed by atoms with van der Waals surface area (Å²) in [4.78, 5) is 11.9. The Morgan fingerprint density at radius 3 is 2.40 bits per heavy atom. The molecule has 9 heteroatoms. The minimum atomic E-state index is -3.52. The van der Waals surface area contributed by atoms with Crippen LogP contribution in [-0.4, -0.2) is 58.3 Å². The van der Waals surface area contributed by atoms with E-state index in [2.05, 4.69) is 5.32 Å². The summed E-state index contributed by atoms with van der Waals surface area (Å²) >= 11 is 0. The van der Waals surface area contributed by atoms with Gasteiger partial charge in [-0.05, 0) is 41.8 Å². The van der Waals surface area contributed by atoms with Crippen LogP contribution in [0.1, 0.15) is 11.1 Å². The number of amides is 1. The van der Waals surface area contributed by atoms with Crippen LogP contribution in [0.3, 0.4) is 0 Å². The number of hydrogen-bond acceptors (Lipinski definition) is 6. The smallest absolute Gasteiger partial charge is 0.257 e. The number of carbonyl (C=O) groups excluding carboxylic acids is 1.